The highest BCUT2D eigenvalue weighted by molar-refractivity contribution is 5.94. The summed E-state index contributed by atoms with van der Waals surface area (Å²) in [5, 5.41) is 9.19. The van der Waals surface area contributed by atoms with E-state index < -0.39 is 0 Å². The largest absolute Gasteiger partial charge is 0.248 e. The van der Waals surface area contributed by atoms with Gasteiger partial charge in [0.25, 0.3) is 0 Å². The van der Waals surface area contributed by atoms with Gasteiger partial charge in [0.2, 0.25) is 0 Å². The van der Waals surface area contributed by atoms with Crippen molar-refractivity contribution in [3.8, 4) is 0 Å². The Hall–Kier alpha value is -3.27. The maximum atomic E-state index is 8.60. The molecule has 1 aromatic heterocycles. The molecule has 0 unspecified atom stereocenters. The van der Waals surface area contributed by atoms with Crippen molar-refractivity contribution >= 4 is 21.8 Å². The zero-order valence-electron chi connectivity index (χ0n) is 11.6. The lowest BCUT2D eigenvalue weighted by molar-refractivity contribution is 0.973. The van der Waals surface area contributed by atoms with Crippen LogP contribution in [0.15, 0.2) is 52.7 Å². The van der Waals surface area contributed by atoms with Crippen LogP contribution in [0, 0.1) is 0 Å². The third kappa shape index (κ3) is 2.50. The van der Waals surface area contributed by atoms with Crippen molar-refractivity contribution in [2.24, 2.45) is 10.2 Å². The summed E-state index contributed by atoms with van der Waals surface area (Å²) in [4.78, 5) is 10.2. The lowest BCUT2D eigenvalue weighted by atomic mass is 10.00. The van der Waals surface area contributed by atoms with Crippen molar-refractivity contribution in [2.45, 2.75) is 13.1 Å². The molecular weight excluding hydrogens is 278 g/mol. The van der Waals surface area contributed by atoms with Gasteiger partial charge >= 0.3 is 0 Å². The van der Waals surface area contributed by atoms with Gasteiger partial charge < -0.3 is 0 Å². The minimum atomic E-state index is 0.199. The molecule has 7 nitrogen and oxygen atoms in total. The van der Waals surface area contributed by atoms with Gasteiger partial charge in [0.15, 0.2) is 0 Å². The summed E-state index contributed by atoms with van der Waals surface area (Å²) in [7, 11) is 0. The van der Waals surface area contributed by atoms with Crippen LogP contribution in [-0.4, -0.2) is 4.98 Å². The number of nitrogens with zero attached hydrogens (tertiary/aromatic N) is 7. The van der Waals surface area contributed by atoms with E-state index in [1.165, 1.54) is 0 Å². The molecule has 0 aliphatic rings. The lowest BCUT2D eigenvalue weighted by Crippen LogP contribution is -1.95. The van der Waals surface area contributed by atoms with E-state index in [-0.39, 0.29) is 13.1 Å². The molecule has 0 aliphatic heterocycles. The molecule has 0 fully saturated rings. The Morgan fingerprint density at radius 1 is 0.909 bits per heavy atom. The van der Waals surface area contributed by atoms with E-state index >= 15 is 0 Å². The van der Waals surface area contributed by atoms with Crippen LogP contribution < -0.4 is 0 Å². The maximum absolute atomic E-state index is 8.60. The van der Waals surface area contributed by atoms with Crippen molar-refractivity contribution in [1.82, 2.24) is 4.98 Å². The first-order chi connectivity index (χ1) is 10.8. The molecule has 3 rings (SSSR count). The van der Waals surface area contributed by atoms with Crippen LogP contribution in [0.1, 0.15) is 11.1 Å². The van der Waals surface area contributed by atoms with E-state index in [0.717, 1.165) is 32.9 Å². The summed E-state index contributed by atoms with van der Waals surface area (Å²) in [6.07, 6.45) is 0. The van der Waals surface area contributed by atoms with Crippen LogP contribution >= 0.6 is 0 Å². The second kappa shape index (κ2) is 6.01. The number of azide groups is 2. The minimum Gasteiger partial charge on any atom is -0.248 e. The van der Waals surface area contributed by atoms with E-state index in [2.05, 4.69) is 25.0 Å². The number of aromatic nitrogens is 1. The summed E-state index contributed by atoms with van der Waals surface area (Å²) in [5.74, 6) is 0. The Labute approximate surface area is 125 Å². The Kier molecular flexibility index (Phi) is 3.74. The Bertz CT molecular complexity index is 951. The maximum Gasteiger partial charge on any atom is 0.0712 e. The Morgan fingerprint density at radius 3 is 2.50 bits per heavy atom. The average molecular weight is 289 g/mol. The summed E-state index contributed by atoms with van der Waals surface area (Å²) in [6, 6.07) is 13.6. The number of hydrogen-bond acceptors (Lipinski definition) is 3. The van der Waals surface area contributed by atoms with Crippen LogP contribution in [0.5, 0.6) is 0 Å². The predicted molar refractivity (Wildman–Crippen MR) is 84.9 cm³/mol. The lowest BCUT2D eigenvalue weighted by Gasteiger charge is -2.10. The molecule has 0 atom stereocenters. The molecule has 7 heteroatoms. The molecule has 0 N–H and O–H groups in total. The molecular formula is C15H11N7. The van der Waals surface area contributed by atoms with E-state index in [9.17, 15) is 0 Å². The standard InChI is InChI=1S/C15H11N7/c16-21-18-8-11-5-6-15-12(13(11)9-19-22-17)7-10-3-1-2-4-14(10)20-15/h1-7H,8-9H2. The SMILES string of the molecule is [N-]=[N+]=NCc1ccc2nc3ccccc3cc2c1CN=[N+]=[N-]. The summed E-state index contributed by atoms with van der Waals surface area (Å²) >= 11 is 0. The zero-order valence-corrected chi connectivity index (χ0v) is 11.6. The van der Waals surface area contributed by atoms with Gasteiger partial charge in [0.05, 0.1) is 24.1 Å². The molecule has 1 heterocycles. The summed E-state index contributed by atoms with van der Waals surface area (Å²) in [5.41, 5.74) is 20.5. The third-order valence-electron chi connectivity index (χ3n) is 3.50. The molecule has 106 valence electrons. The smallest absolute Gasteiger partial charge is 0.0712 e. The normalized spacial score (nSPS) is 10.2. The number of fused-ring (bicyclic) bond motifs is 2. The van der Waals surface area contributed by atoms with Gasteiger partial charge in [-0.1, -0.05) is 34.5 Å². The van der Waals surface area contributed by atoms with E-state index in [4.69, 9.17) is 11.1 Å². The fraction of sp³-hybridized carbons (Fsp3) is 0.133. The number of pyridine rings is 1. The van der Waals surface area contributed by atoms with Gasteiger partial charge in [-0.05, 0) is 40.4 Å². The summed E-state index contributed by atoms with van der Waals surface area (Å²) in [6.45, 7) is 0.416. The quantitative estimate of drug-likeness (QED) is 0.286. The van der Waals surface area contributed by atoms with Crippen LogP contribution in [0.2, 0.25) is 0 Å². The van der Waals surface area contributed by atoms with Crippen molar-refractivity contribution in [1.29, 1.82) is 0 Å². The first-order valence-corrected chi connectivity index (χ1v) is 6.65. The number of para-hydroxylation sites is 1. The number of rotatable bonds is 4. The van der Waals surface area contributed by atoms with Gasteiger partial charge in [0.1, 0.15) is 0 Å². The first kappa shape index (κ1) is 13.7. The highest BCUT2D eigenvalue weighted by Gasteiger charge is 2.09. The van der Waals surface area contributed by atoms with Crippen LogP contribution in [0.4, 0.5) is 0 Å². The molecule has 0 radical (unpaired) electrons. The van der Waals surface area contributed by atoms with E-state index in [0.29, 0.717) is 0 Å². The van der Waals surface area contributed by atoms with Crippen LogP contribution in [0.3, 0.4) is 0 Å². The molecule has 2 aromatic carbocycles. The van der Waals surface area contributed by atoms with Crippen molar-refractivity contribution in [2.75, 3.05) is 0 Å². The van der Waals surface area contributed by atoms with Gasteiger partial charge in [-0.25, -0.2) is 4.98 Å². The predicted octanol–water partition coefficient (Wildman–Crippen LogP) is 5.01. The molecule has 0 saturated carbocycles. The average Bonchev–Trinajstić information content (AvgIpc) is 2.56. The molecule has 0 amide bonds. The third-order valence-corrected chi connectivity index (χ3v) is 3.50. The number of hydrogen-bond donors (Lipinski definition) is 0. The second-order valence-electron chi connectivity index (χ2n) is 4.73. The molecule has 0 spiro atoms. The van der Waals surface area contributed by atoms with Gasteiger partial charge in [-0.3, -0.25) is 0 Å². The monoisotopic (exact) mass is 289 g/mol. The molecule has 0 aliphatic carbocycles. The van der Waals surface area contributed by atoms with E-state index in [1.807, 2.05) is 42.5 Å². The molecule has 3 aromatic rings. The molecule has 22 heavy (non-hydrogen) atoms. The van der Waals surface area contributed by atoms with Gasteiger partial charge in [-0.2, -0.15) is 0 Å². The van der Waals surface area contributed by atoms with Crippen molar-refractivity contribution in [3.05, 3.63) is 74.5 Å². The molecule has 0 bridgehead atoms. The van der Waals surface area contributed by atoms with Crippen LogP contribution in [-0.2, 0) is 13.1 Å². The van der Waals surface area contributed by atoms with Crippen molar-refractivity contribution < 1.29 is 0 Å². The summed E-state index contributed by atoms with van der Waals surface area (Å²) < 4.78 is 0. The Morgan fingerprint density at radius 2 is 1.68 bits per heavy atom. The zero-order chi connectivity index (χ0) is 15.4. The second-order valence-corrected chi connectivity index (χ2v) is 4.73. The minimum absolute atomic E-state index is 0.199. The highest BCUT2D eigenvalue weighted by atomic mass is 15.1. The highest BCUT2D eigenvalue weighted by Crippen LogP contribution is 2.26. The Balaban J connectivity index is 2.30. The van der Waals surface area contributed by atoms with Crippen LogP contribution in [0.25, 0.3) is 42.7 Å². The van der Waals surface area contributed by atoms with Crippen molar-refractivity contribution in [3.63, 3.8) is 0 Å². The fourth-order valence-electron chi connectivity index (χ4n) is 2.50. The number of benzene rings is 2. The topological polar surface area (TPSA) is 110 Å². The fourth-order valence-corrected chi connectivity index (χ4v) is 2.50. The first-order valence-electron chi connectivity index (χ1n) is 6.65. The van der Waals surface area contributed by atoms with Gasteiger partial charge in [-0.15, -0.1) is 0 Å². The van der Waals surface area contributed by atoms with E-state index in [1.54, 1.807) is 0 Å². The molecule has 0 saturated heterocycles. The van der Waals surface area contributed by atoms with Gasteiger partial charge in [0, 0.05) is 20.6 Å².